The number of benzene rings is 2. The normalized spacial score (nSPS) is 15.9. The van der Waals surface area contributed by atoms with E-state index < -0.39 is 35.4 Å². The molecule has 1 unspecified atom stereocenters. The third-order valence-electron chi connectivity index (χ3n) is 5.55. The van der Waals surface area contributed by atoms with Crippen molar-refractivity contribution in [3.8, 4) is 5.75 Å². The van der Waals surface area contributed by atoms with Gasteiger partial charge in [-0.2, -0.15) is 0 Å². The zero-order valence-corrected chi connectivity index (χ0v) is 17.5. The van der Waals surface area contributed by atoms with Crippen molar-refractivity contribution in [2.45, 2.75) is 25.9 Å². The van der Waals surface area contributed by atoms with E-state index in [4.69, 9.17) is 12.6 Å². The van der Waals surface area contributed by atoms with Crippen LogP contribution in [0.3, 0.4) is 0 Å². The molecule has 0 aliphatic carbocycles. The average molecular weight is 460 g/mol. The number of aryl methyl sites for hydroxylation is 1. The number of alkyl halides is 3. The van der Waals surface area contributed by atoms with Crippen LogP contribution in [-0.4, -0.2) is 43.7 Å². The molecule has 0 bridgehead atoms. The molecular weight excluding hydrogens is 443 g/mol. The average Bonchev–Trinajstić information content (AvgIpc) is 2.74. The van der Waals surface area contributed by atoms with Crippen molar-refractivity contribution in [2.75, 3.05) is 13.7 Å². The Balaban J connectivity index is 1.74. The highest BCUT2D eigenvalue weighted by Crippen LogP contribution is 2.34. The summed E-state index contributed by atoms with van der Waals surface area (Å²) in [5.41, 5.74) is 0.512. The molecule has 1 aromatic heterocycles. The van der Waals surface area contributed by atoms with Crippen molar-refractivity contribution in [3.05, 3.63) is 68.9 Å². The van der Waals surface area contributed by atoms with E-state index in [2.05, 4.69) is 9.72 Å². The Morgan fingerprint density at radius 2 is 1.97 bits per heavy atom. The van der Waals surface area contributed by atoms with E-state index in [9.17, 15) is 27.2 Å². The number of aromatic amines is 1. The van der Waals surface area contributed by atoms with E-state index in [1.165, 1.54) is 24.1 Å². The van der Waals surface area contributed by atoms with E-state index in [-0.39, 0.29) is 29.6 Å². The predicted octanol–water partition coefficient (Wildman–Crippen LogP) is 3.01. The molecule has 1 aliphatic rings. The molecule has 2 aromatic carbocycles. The Kier molecular flexibility index (Phi) is 5.69. The summed E-state index contributed by atoms with van der Waals surface area (Å²) in [6.45, 7) is 1.68. The van der Waals surface area contributed by atoms with Crippen LogP contribution in [-0.2, 0) is 11.3 Å². The number of pyridine rings is 1. The third kappa shape index (κ3) is 4.32. The molecule has 4 rings (SSSR count). The number of fused-ring (bicyclic) bond motifs is 3. The number of nitrogens with zero attached hydrogens (tertiary/aromatic N) is 1. The number of H-pyrrole nitrogens is 1. The Morgan fingerprint density at radius 3 is 2.64 bits per heavy atom. The minimum absolute atomic E-state index is 0.0207. The monoisotopic (exact) mass is 460 g/mol. The summed E-state index contributed by atoms with van der Waals surface area (Å²) in [5, 5.41) is 0.636. The van der Waals surface area contributed by atoms with E-state index in [0.717, 1.165) is 18.2 Å². The number of halogens is 4. The second-order valence-corrected chi connectivity index (χ2v) is 7.74. The molecule has 6 nitrogen and oxygen atoms in total. The Hall–Kier alpha value is -3.34. The number of carbonyl (C=O) groups is 1. The zero-order chi connectivity index (χ0) is 24.1. The molecule has 1 atom stereocenters. The predicted molar refractivity (Wildman–Crippen MR) is 112 cm³/mol. The number of likely N-dealkylation sites (N-methyl/N-ethyl adjacent to an activating group) is 1. The fourth-order valence-electron chi connectivity index (χ4n) is 3.93. The second-order valence-electron chi connectivity index (χ2n) is 7.74. The number of carbonyl (C=O) groups excluding carboxylic acids is 1. The largest absolute Gasteiger partial charge is 0.573 e. The van der Waals surface area contributed by atoms with E-state index >= 15 is 0 Å². The highest BCUT2D eigenvalue weighted by Gasteiger charge is 2.33. The molecule has 1 aliphatic heterocycles. The van der Waals surface area contributed by atoms with Crippen LogP contribution in [0.15, 0.2) is 35.1 Å². The van der Waals surface area contributed by atoms with Gasteiger partial charge in [0.2, 0.25) is 0 Å². The Morgan fingerprint density at radius 1 is 1.24 bits per heavy atom. The number of hydrogen-bond acceptors (Lipinski definition) is 4. The maximum absolute atomic E-state index is 14.4. The maximum Gasteiger partial charge on any atom is 0.573 e. The number of rotatable bonds is 3. The SMILES string of the molecule is [B]c1cc(C(=O)N(C)C2COCc3[nH]c(=O)c4cc(C)c(F)cc4c32)ccc1OC(F)(F)F. The second kappa shape index (κ2) is 8.22. The molecule has 1 amide bonds. The molecule has 33 heavy (non-hydrogen) atoms. The van der Waals surface area contributed by atoms with Crippen molar-refractivity contribution in [2.24, 2.45) is 0 Å². The summed E-state index contributed by atoms with van der Waals surface area (Å²) in [7, 11) is 7.12. The highest BCUT2D eigenvalue weighted by atomic mass is 19.4. The number of aromatic nitrogens is 1. The van der Waals surface area contributed by atoms with Crippen molar-refractivity contribution in [1.29, 1.82) is 0 Å². The van der Waals surface area contributed by atoms with Crippen LogP contribution in [0.2, 0.25) is 0 Å². The van der Waals surface area contributed by atoms with Gasteiger partial charge in [-0.1, -0.05) is 11.5 Å². The first-order valence-electron chi connectivity index (χ1n) is 9.81. The van der Waals surface area contributed by atoms with Gasteiger partial charge in [0.25, 0.3) is 11.5 Å². The van der Waals surface area contributed by atoms with Gasteiger partial charge in [-0.25, -0.2) is 4.39 Å². The smallest absolute Gasteiger partial charge is 0.406 e. The standard InChI is InChI=1S/C22H17BF4N2O4/c1-10-5-13-12(7-15(10)24)19-16(28-20(13)30)8-32-9-17(19)29(2)21(31)11-3-4-18(14(23)6-11)33-22(25,26)27/h3-7,17H,8-9H2,1-2H3,(H,28,30). The lowest BCUT2D eigenvalue weighted by Crippen LogP contribution is -2.38. The summed E-state index contributed by atoms with van der Waals surface area (Å²) < 4.78 is 61.2. The molecule has 0 saturated heterocycles. The quantitative estimate of drug-likeness (QED) is 0.482. The minimum Gasteiger partial charge on any atom is -0.406 e. The van der Waals surface area contributed by atoms with E-state index in [1.807, 2.05) is 0 Å². The van der Waals surface area contributed by atoms with Gasteiger partial charge in [-0.3, -0.25) is 9.59 Å². The molecule has 11 heteroatoms. The van der Waals surface area contributed by atoms with Gasteiger partial charge in [0, 0.05) is 29.3 Å². The van der Waals surface area contributed by atoms with Crippen LogP contribution >= 0.6 is 0 Å². The first-order chi connectivity index (χ1) is 15.5. The molecule has 2 heterocycles. The van der Waals surface area contributed by atoms with Crippen LogP contribution in [0.4, 0.5) is 17.6 Å². The minimum atomic E-state index is -4.93. The van der Waals surface area contributed by atoms with Crippen LogP contribution in [0.25, 0.3) is 10.8 Å². The number of hydrogen-bond donors (Lipinski definition) is 1. The third-order valence-corrected chi connectivity index (χ3v) is 5.55. The Bertz CT molecular complexity index is 1320. The fourth-order valence-corrected chi connectivity index (χ4v) is 3.93. The molecule has 170 valence electrons. The molecule has 2 radical (unpaired) electrons. The van der Waals surface area contributed by atoms with Crippen LogP contribution < -0.4 is 15.8 Å². The van der Waals surface area contributed by atoms with Crippen LogP contribution in [0.1, 0.15) is 33.2 Å². The molecule has 1 N–H and O–H groups in total. The summed E-state index contributed by atoms with van der Waals surface area (Å²) in [6, 6.07) is 5.21. The van der Waals surface area contributed by atoms with Gasteiger partial charge < -0.3 is 19.4 Å². The van der Waals surface area contributed by atoms with Crippen LogP contribution in [0.5, 0.6) is 5.75 Å². The van der Waals surface area contributed by atoms with Gasteiger partial charge in [0.1, 0.15) is 19.4 Å². The number of amides is 1. The summed E-state index contributed by atoms with van der Waals surface area (Å²) >= 11 is 0. The van der Waals surface area contributed by atoms with Crippen molar-refractivity contribution in [1.82, 2.24) is 9.88 Å². The van der Waals surface area contributed by atoms with Gasteiger partial charge in [-0.05, 0) is 42.1 Å². The Labute approximate surface area is 186 Å². The van der Waals surface area contributed by atoms with Gasteiger partial charge in [0.15, 0.2) is 0 Å². The maximum atomic E-state index is 14.4. The molecule has 3 aromatic rings. The lowest BCUT2D eigenvalue weighted by atomic mass is 9.92. The molecule has 0 saturated carbocycles. The van der Waals surface area contributed by atoms with Crippen molar-refractivity contribution in [3.63, 3.8) is 0 Å². The van der Waals surface area contributed by atoms with Crippen molar-refractivity contribution >= 4 is 30.0 Å². The van der Waals surface area contributed by atoms with Crippen molar-refractivity contribution < 1.29 is 31.8 Å². The van der Waals surface area contributed by atoms with Gasteiger partial charge >= 0.3 is 6.36 Å². The highest BCUT2D eigenvalue weighted by molar-refractivity contribution is 6.34. The first kappa shape index (κ1) is 22.8. The molecule has 0 spiro atoms. The lowest BCUT2D eigenvalue weighted by Gasteiger charge is -2.34. The summed E-state index contributed by atoms with van der Waals surface area (Å²) in [4.78, 5) is 29.7. The zero-order valence-electron chi connectivity index (χ0n) is 17.5. The molecule has 0 fully saturated rings. The molecular formula is C22H17BF4N2O4. The van der Waals surface area contributed by atoms with Gasteiger partial charge in [-0.15, -0.1) is 13.2 Å². The van der Waals surface area contributed by atoms with E-state index in [1.54, 1.807) is 6.92 Å². The topological polar surface area (TPSA) is 71.6 Å². The van der Waals surface area contributed by atoms with Crippen LogP contribution in [0, 0.1) is 12.7 Å². The first-order valence-corrected chi connectivity index (χ1v) is 9.81. The number of nitrogens with one attached hydrogen (secondary N) is 1. The van der Waals surface area contributed by atoms with Gasteiger partial charge in [0.05, 0.1) is 19.3 Å². The van der Waals surface area contributed by atoms with E-state index in [0.29, 0.717) is 22.2 Å². The summed E-state index contributed by atoms with van der Waals surface area (Å²) in [5.74, 6) is -1.68. The number of ether oxygens (including phenoxy) is 2. The lowest BCUT2D eigenvalue weighted by molar-refractivity contribution is -0.274. The fraction of sp³-hybridized carbons (Fsp3) is 0.273. The summed E-state index contributed by atoms with van der Waals surface area (Å²) in [6.07, 6.45) is -4.93.